The SMILES string of the molecule is CC(CCC(=O)N1CCCC1CCC(=O)O)NC(=O)OCC1c2ccccc2-c2ccccc21. The zero-order valence-electron chi connectivity index (χ0n) is 19.5. The van der Waals surface area contributed by atoms with Gasteiger partial charge in [-0.1, -0.05) is 48.5 Å². The molecule has 2 aliphatic rings. The molecule has 0 radical (unpaired) electrons. The van der Waals surface area contributed by atoms with Crippen molar-refractivity contribution in [2.75, 3.05) is 13.2 Å². The van der Waals surface area contributed by atoms with Crippen molar-refractivity contribution in [3.63, 3.8) is 0 Å². The highest BCUT2D eigenvalue weighted by molar-refractivity contribution is 5.79. The van der Waals surface area contributed by atoms with Gasteiger partial charge in [-0.3, -0.25) is 9.59 Å². The van der Waals surface area contributed by atoms with E-state index in [2.05, 4.69) is 29.6 Å². The summed E-state index contributed by atoms with van der Waals surface area (Å²) in [6, 6.07) is 16.2. The van der Waals surface area contributed by atoms with Gasteiger partial charge in [0, 0.05) is 37.4 Å². The highest BCUT2D eigenvalue weighted by Crippen LogP contribution is 2.44. The molecule has 180 valence electrons. The molecule has 4 rings (SSSR count). The molecular weight excluding hydrogens is 432 g/mol. The predicted molar refractivity (Wildman–Crippen MR) is 129 cm³/mol. The summed E-state index contributed by atoms with van der Waals surface area (Å²) in [7, 11) is 0. The summed E-state index contributed by atoms with van der Waals surface area (Å²) in [5.41, 5.74) is 4.70. The number of amides is 2. The molecule has 0 spiro atoms. The molecule has 1 saturated heterocycles. The third-order valence-corrected chi connectivity index (χ3v) is 6.89. The molecule has 2 amide bonds. The quantitative estimate of drug-likeness (QED) is 0.568. The maximum absolute atomic E-state index is 12.7. The van der Waals surface area contributed by atoms with Crippen LogP contribution in [0.25, 0.3) is 11.1 Å². The number of likely N-dealkylation sites (tertiary alicyclic amines) is 1. The first-order valence-corrected chi connectivity index (χ1v) is 12.1. The number of carboxylic acids is 1. The summed E-state index contributed by atoms with van der Waals surface area (Å²) in [6.07, 6.45) is 2.67. The molecule has 2 unspecified atom stereocenters. The van der Waals surface area contributed by atoms with Crippen LogP contribution in [0.3, 0.4) is 0 Å². The van der Waals surface area contributed by atoms with Crippen molar-refractivity contribution >= 4 is 18.0 Å². The molecule has 1 aliphatic carbocycles. The number of carbonyl (C=O) groups excluding carboxylic acids is 2. The molecule has 34 heavy (non-hydrogen) atoms. The number of hydrogen-bond donors (Lipinski definition) is 2. The minimum Gasteiger partial charge on any atom is -0.481 e. The lowest BCUT2D eigenvalue weighted by Gasteiger charge is -2.25. The van der Waals surface area contributed by atoms with E-state index in [0.29, 0.717) is 25.8 Å². The molecule has 1 heterocycles. The topological polar surface area (TPSA) is 95.9 Å². The van der Waals surface area contributed by atoms with E-state index < -0.39 is 12.1 Å². The van der Waals surface area contributed by atoms with Gasteiger partial charge in [-0.2, -0.15) is 0 Å². The Morgan fingerprint density at radius 1 is 1.06 bits per heavy atom. The van der Waals surface area contributed by atoms with Gasteiger partial charge in [0.05, 0.1) is 0 Å². The van der Waals surface area contributed by atoms with Gasteiger partial charge in [-0.25, -0.2) is 4.79 Å². The van der Waals surface area contributed by atoms with Crippen LogP contribution in [0, 0.1) is 0 Å². The Morgan fingerprint density at radius 2 is 1.71 bits per heavy atom. The Balaban J connectivity index is 1.24. The van der Waals surface area contributed by atoms with Crippen LogP contribution in [0.5, 0.6) is 0 Å². The van der Waals surface area contributed by atoms with Crippen LogP contribution in [0.4, 0.5) is 4.79 Å². The number of nitrogens with zero attached hydrogens (tertiary/aromatic N) is 1. The number of fused-ring (bicyclic) bond motifs is 3. The molecular formula is C27H32N2O5. The number of rotatable bonds is 9. The van der Waals surface area contributed by atoms with Crippen LogP contribution in [-0.2, 0) is 14.3 Å². The molecule has 0 aromatic heterocycles. The van der Waals surface area contributed by atoms with Crippen LogP contribution in [-0.4, -0.2) is 53.2 Å². The van der Waals surface area contributed by atoms with Crippen LogP contribution >= 0.6 is 0 Å². The number of carbonyl (C=O) groups is 3. The summed E-state index contributed by atoms with van der Waals surface area (Å²) in [5, 5.41) is 11.8. The Bertz CT molecular complexity index is 1010. The normalized spacial score (nSPS) is 17.7. The molecule has 2 aromatic carbocycles. The second-order valence-electron chi connectivity index (χ2n) is 9.23. The molecule has 2 aromatic rings. The van der Waals surface area contributed by atoms with Crippen molar-refractivity contribution in [2.24, 2.45) is 0 Å². The standard InChI is InChI=1S/C27H32N2O5/c1-18(12-14-25(30)29-16-6-7-19(29)13-15-26(31)32)28-27(33)34-17-24-22-10-4-2-8-20(22)21-9-3-5-11-23(21)24/h2-5,8-11,18-19,24H,6-7,12-17H2,1H3,(H,28,33)(H,31,32). The first kappa shape index (κ1) is 23.8. The molecule has 0 bridgehead atoms. The van der Waals surface area contributed by atoms with Crippen LogP contribution < -0.4 is 5.32 Å². The second-order valence-corrected chi connectivity index (χ2v) is 9.23. The summed E-state index contributed by atoms with van der Waals surface area (Å²) in [6.45, 7) is 2.79. The zero-order valence-corrected chi connectivity index (χ0v) is 19.5. The van der Waals surface area contributed by atoms with E-state index >= 15 is 0 Å². The van der Waals surface area contributed by atoms with Gasteiger partial charge in [0.1, 0.15) is 6.61 Å². The van der Waals surface area contributed by atoms with Crippen molar-refractivity contribution in [1.82, 2.24) is 10.2 Å². The second kappa shape index (κ2) is 10.7. The third kappa shape index (κ3) is 5.41. The lowest BCUT2D eigenvalue weighted by Crippen LogP contribution is -2.38. The van der Waals surface area contributed by atoms with Crippen molar-refractivity contribution in [2.45, 2.75) is 63.5 Å². The molecule has 2 atom stereocenters. The highest BCUT2D eigenvalue weighted by atomic mass is 16.5. The van der Waals surface area contributed by atoms with Gasteiger partial charge in [-0.15, -0.1) is 0 Å². The third-order valence-electron chi connectivity index (χ3n) is 6.89. The van der Waals surface area contributed by atoms with Gasteiger partial charge in [0.15, 0.2) is 0 Å². The molecule has 2 N–H and O–H groups in total. The molecule has 1 aliphatic heterocycles. The average molecular weight is 465 g/mol. The number of benzene rings is 2. The van der Waals surface area contributed by atoms with Crippen molar-refractivity contribution in [1.29, 1.82) is 0 Å². The highest BCUT2D eigenvalue weighted by Gasteiger charge is 2.30. The fraction of sp³-hybridized carbons (Fsp3) is 0.444. The lowest BCUT2D eigenvalue weighted by molar-refractivity contribution is -0.138. The van der Waals surface area contributed by atoms with E-state index in [9.17, 15) is 14.4 Å². The zero-order chi connectivity index (χ0) is 24.1. The molecule has 1 fully saturated rings. The predicted octanol–water partition coefficient (Wildman–Crippen LogP) is 4.55. The minimum absolute atomic E-state index is 0.00735. The van der Waals surface area contributed by atoms with Crippen LogP contribution in [0.2, 0.25) is 0 Å². The number of aliphatic carboxylic acids is 1. The average Bonchev–Trinajstić information content (AvgIpc) is 3.42. The Morgan fingerprint density at radius 3 is 2.35 bits per heavy atom. The Kier molecular flexibility index (Phi) is 7.50. The van der Waals surface area contributed by atoms with E-state index in [-0.39, 0.29) is 36.9 Å². The Labute approximate surface area is 200 Å². The number of alkyl carbamates (subject to hydrolysis) is 1. The van der Waals surface area contributed by atoms with E-state index in [1.165, 1.54) is 22.3 Å². The maximum Gasteiger partial charge on any atom is 0.407 e. The van der Waals surface area contributed by atoms with Gasteiger partial charge < -0.3 is 20.1 Å². The van der Waals surface area contributed by atoms with Gasteiger partial charge >= 0.3 is 12.1 Å². The molecule has 7 heteroatoms. The number of nitrogens with one attached hydrogen (secondary N) is 1. The summed E-state index contributed by atoms with van der Waals surface area (Å²) < 4.78 is 5.59. The van der Waals surface area contributed by atoms with E-state index in [1.54, 1.807) is 0 Å². The molecule has 7 nitrogen and oxygen atoms in total. The fourth-order valence-corrected chi connectivity index (χ4v) is 5.15. The minimum atomic E-state index is -0.833. The van der Waals surface area contributed by atoms with E-state index in [1.807, 2.05) is 36.1 Å². The van der Waals surface area contributed by atoms with Gasteiger partial charge in [-0.05, 0) is 54.9 Å². The first-order valence-electron chi connectivity index (χ1n) is 12.1. The summed E-state index contributed by atoms with van der Waals surface area (Å²) >= 11 is 0. The van der Waals surface area contributed by atoms with Crippen molar-refractivity contribution in [3.05, 3.63) is 59.7 Å². The van der Waals surface area contributed by atoms with E-state index in [0.717, 1.165) is 12.8 Å². The number of ether oxygens (including phenoxy) is 1. The van der Waals surface area contributed by atoms with Gasteiger partial charge in [0.25, 0.3) is 0 Å². The number of carboxylic acid groups (broad SMARTS) is 1. The maximum atomic E-state index is 12.7. The van der Waals surface area contributed by atoms with Crippen molar-refractivity contribution in [3.8, 4) is 11.1 Å². The van der Waals surface area contributed by atoms with Crippen molar-refractivity contribution < 1.29 is 24.2 Å². The lowest BCUT2D eigenvalue weighted by atomic mass is 9.98. The monoisotopic (exact) mass is 464 g/mol. The van der Waals surface area contributed by atoms with Gasteiger partial charge in [0.2, 0.25) is 5.91 Å². The first-order chi connectivity index (χ1) is 16.4. The number of hydrogen-bond acceptors (Lipinski definition) is 4. The van der Waals surface area contributed by atoms with Crippen LogP contribution in [0.15, 0.2) is 48.5 Å². The van der Waals surface area contributed by atoms with Crippen LogP contribution in [0.1, 0.15) is 62.5 Å². The smallest absolute Gasteiger partial charge is 0.407 e. The fourth-order valence-electron chi connectivity index (χ4n) is 5.15. The Hall–Kier alpha value is -3.35. The summed E-state index contributed by atoms with van der Waals surface area (Å²) in [4.78, 5) is 37.8. The van der Waals surface area contributed by atoms with E-state index in [4.69, 9.17) is 9.84 Å². The largest absolute Gasteiger partial charge is 0.481 e. The molecule has 0 saturated carbocycles. The summed E-state index contributed by atoms with van der Waals surface area (Å²) in [5.74, 6) is -0.803.